The van der Waals surface area contributed by atoms with Crippen molar-refractivity contribution in [3.05, 3.63) is 11.3 Å². The van der Waals surface area contributed by atoms with Crippen LogP contribution in [0.1, 0.15) is 51.9 Å². The van der Waals surface area contributed by atoms with E-state index in [0.717, 1.165) is 24.5 Å². The first-order valence-electron chi connectivity index (χ1n) is 5.68. The van der Waals surface area contributed by atoms with Crippen molar-refractivity contribution in [2.24, 2.45) is 11.8 Å². The van der Waals surface area contributed by atoms with Gasteiger partial charge in [-0.25, -0.2) is 0 Å². The van der Waals surface area contributed by atoms with E-state index in [1.807, 2.05) is 0 Å². The fourth-order valence-corrected chi connectivity index (χ4v) is 2.43. The molecule has 0 aliphatic heterocycles. The zero-order valence-corrected chi connectivity index (χ0v) is 8.55. The molecule has 74 valence electrons. The standard InChI is InChI=1S/C12H20O/c1-9-5-7-11(8-6-9)12(13)10-3-2-4-10/h9,11,13H,2-8H2,1H3. The van der Waals surface area contributed by atoms with Crippen LogP contribution in [0.15, 0.2) is 11.3 Å². The van der Waals surface area contributed by atoms with Crippen LogP contribution in [0.25, 0.3) is 0 Å². The summed E-state index contributed by atoms with van der Waals surface area (Å²) in [5, 5.41) is 9.96. The Bertz CT molecular complexity index is 203. The summed E-state index contributed by atoms with van der Waals surface area (Å²) in [6.07, 6.45) is 8.68. The average Bonchev–Trinajstić information content (AvgIpc) is 2.02. The Balaban J connectivity index is 1.93. The maximum absolute atomic E-state index is 9.96. The summed E-state index contributed by atoms with van der Waals surface area (Å²) < 4.78 is 0. The molecule has 0 heterocycles. The lowest BCUT2D eigenvalue weighted by atomic mass is 9.78. The van der Waals surface area contributed by atoms with Crippen molar-refractivity contribution >= 4 is 0 Å². The van der Waals surface area contributed by atoms with E-state index in [9.17, 15) is 5.11 Å². The molecule has 0 unspecified atom stereocenters. The van der Waals surface area contributed by atoms with E-state index < -0.39 is 0 Å². The monoisotopic (exact) mass is 180 g/mol. The van der Waals surface area contributed by atoms with E-state index in [4.69, 9.17) is 0 Å². The van der Waals surface area contributed by atoms with Gasteiger partial charge in [0, 0.05) is 5.92 Å². The van der Waals surface area contributed by atoms with Crippen LogP contribution < -0.4 is 0 Å². The van der Waals surface area contributed by atoms with E-state index in [1.165, 1.54) is 37.7 Å². The lowest BCUT2D eigenvalue weighted by molar-refractivity contribution is 0.234. The molecular formula is C12H20O. The Morgan fingerprint density at radius 1 is 1.15 bits per heavy atom. The van der Waals surface area contributed by atoms with Crippen molar-refractivity contribution in [3.63, 3.8) is 0 Å². The van der Waals surface area contributed by atoms with Crippen molar-refractivity contribution in [1.82, 2.24) is 0 Å². The van der Waals surface area contributed by atoms with E-state index in [-0.39, 0.29) is 0 Å². The third-order valence-electron chi connectivity index (χ3n) is 3.72. The summed E-state index contributed by atoms with van der Waals surface area (Å²) in [5.41, 5.74) is 1.36. The van der Waals surface area contributed by atoms with Crippen molar-refractivity contribution in [3.8, 4) is 0 Å². The Morgan fingerprint density at radius 3 is 2.23 bits per heavy atom. The highest BCUT2D eigenvalue weighted by molar-refractivity contribution is 5.16. The Kier molecular flexibility index (Phi) is 2.61. The third kappa shape index (κ3) is 1.90. The van der Waals surface area contributed by atoms with Crippen LogP contribution in [0.3, 0.4) is 0 Å². The molecule has 2 saturated carbocycles. The summed E-state index contributed by atoms with van der Waals surface area (Å²) in [5.74, 6) is 2.18. The van der Waals surface area contributed by atoms with Crippen LogP contribution in [0.2, 0.25) is 0 Å². The highest BCUT2D eigenvalue weighted by Crippen LogP contribution is 2.37. The van der Waals surface area contributed by atoms with Gasteiger partial charge in [-0.3, -0.25) is 0 Å². The number of allylic oxidation sites excluding steroid dienone is 2. The second kappa shape index (κ2) is 3.73. The predicted molar refractivity (Wildman–Crippen MR) is 54.6 cm³/mol. The van der Waals surface area contributed by atoms with Crippen LogP contribution in [0.5, 0.6) is 0 Å². The smallest absolute Gasteiger partial charge is 0.0945 e. The summed E-state index contributed by atoms with van der Waals surface area (Å²) in [7, 11) is 0. The van der Waals surface area contributed by atoms with Crippen molar-refractivity contribution < 1.29 is 5.11 Å². The van der Waals surface area contributed by atoms with E-state index in [0.29, 0.717) is 5.92 Å². The summed E-state index contributed by atoms with van der Waals surface area (Å²) in [6, 6.07) is 0. The molecule has 0 radical (unpaired) electrons. The Labute approximate surface area is 80.8 Å². The van der Waals surface area contributed by atoms with Crippen LogP contribution >= 0.6 is 0 Å². The van der Waals surface area contributed by atoms with Gasteiger partial charge < -0.3 is 5.11 Å². The topological polar surface area (TPSA) is 20.2 Å². The highest BCUT2D eigenvalue weighted by atomic mass is 16.3. The quantitative estimate of drug-likeness (QED) is 0.608. The lowest BCUT2D eigenvalue weighted by Gasteiger charge is -2.29. The summed E-state index contributed by atoms with van der Waals surface area (Å²) in [6.45, 7) is 2.32. The maximum Gasteiger partial charge on any atom is 0.0945 e. The minimum absolute atomic E-state index is 0.520. The van der Waals surface area contributed by atoms with Crippen LogP contribution in [0, 0.1) is 11.8 Å². The molecule has 0 aromatic carbocycles. The first kappa shape index (κ1) is 9.11. The van der Waals surface area contributed by atoms with Gasteiger partial charge in [0.25, 0.3) is 0 Å². The number of aliphatic hydroxyl groups is 1. The maximum atomic E-state index is 9.96. The third-order valence-corrected chi connectivity index (χ3v) is 3.72. The van der Waals surface area contributed by atoms with Gasteiger partial charge in [-0.2, -0.15) is 0 Å². The van der Waals surface area contributed by atoms with Crippen molar-refractivity contribution in [2.75, 3.05) is 0 Å². The number of hydrogen-bond donors (Lipinski definition) is 1. The van der Waals surface area contributed by atoms with E-state index in [1.54, 1.807) is 0 Å². The molecule has 0 saturated heterocycles. The van der Waals surface area contributed by atoms with Gasteiger partial charge in [0.15, 0.2) is 0 Å². The summed E-state index contributed by atoms with van der Waals surface area (Å²) >= 11 is 0. The molecule has 1 nitrogen and oxygen atoms in total. The average molecular weight is 180 g/mol. The van der Waals surface area contributed by atoms with Crippen LogP contribution in [-0.2, 0) is 0 Å². The van der Waals surface area contributed by atoms with E-state index in [2.05, 4.69) is 6.92 Å². The molecule has 0 aromatic rings. The largest absolute Gasteiger partial charge is 0.512 e. The number of aliphatic hydroxyl groups excluding tert-OH is 1. The minimum Gasteiger partial charge on any atom is -0.512 e. The second-order valence-corrected chi connectivity index (χ2v) is 4.80. The Hall–Kier alpha value is -0.460. The molecule has 2 aliphatic carbocycles. The number of rotatable bonds is 1. The summed E-state index contributed by atoms with van der Waals surface area (Å²) in [4.78, 5) is 0. The molecule has 1 N–H and O–H groups in total. The first-order chi connectivity index (χ1) is 6.27. The second-order valence-electron chi connectivity index (χ2n) is 4.80. The van der Waals surface area contributed by atoms with E-state index >= 15 is 0 Å². The van der Waals surface area contributed by atoms with Gasteiger partial charge in [-0.15, -0.1) is 0 Å². The molecule has 2 fully saturated rings. The Morgan fingerprint density at radius 2 is 1.77 bits per heavy atom. The highest BCUT2D eigenvalue weighted by Gasteiger charge is 2.25. The van der Waals surface area contributed by atoms with Crippen LogP contribution in [-0.4, -0.2) is 5.11 Å². The van der Waals surface area contributed by atoms with Gasteiger partial charge in [0.2, 0.25) is 0 Å². The molecule has 0 spiro atoms. The first-order valence-corrected chi connectivity index (χ1v) is 5.68. The van der Waals surface area contributed by atoms with Crippen molar-refractivity contribution in [1.29, 1.82) is 0 Å². The van der Waals surface area contributed by atoms with Gasteiger partial charge in [-0.1, -0.05) is 19.8 Å². The molecule has 13 heavy (non-hydrogen) atoms. The zero-order valence-electron chi connectivity index (χ0n) is 8.55. The number of hydrogen-bond acceptors (Lipinski definition) is 1. The molecule has 0 atom stereocenters. The van der Waals surface area contributed by atoms with Gasteiger partial charge in [0.05, 0.1) is 5.76 Å². The minimum atomic E-state index is 0.520. The fraction of sp³-hybridized carbons (Fsp3) is 0.833. The molecule has 2 rings (SSSR count). The normalized spacial score (nSPS) is 34.1. The lowest BCUT2D eigenvalue weighted by Crippen LogP contribution is -2.17. The van der Waals surface area contributed by atoms with Gasteiger partial charge in [-0.05, 0) is 43.6 Å². The molecule has 1 heteroatoms. The SMILES string of the molecule is CC1CCC(C(O)=C2CCC2)CC1. The zero-order chi connectivity index (χ0) is 9.26. The van der Waals surface area contributed by atoms with Gasteiger partial charge in [0.1, 0.15) is 0 Å². The fourth-order valence-electron chi connectivity index (χ4n) is 2.43. The van der Waals surface area contributed by atoms with Crippen LogP contribution in [0.4, 0.5) is 0 Å². The molecule has 0 amide bonds. The molecule has 2 aliphatic rings. The van der Waals surface area contributed by atoms with Gasteiger partial charge >= 0.3 is 0 Å². The molecule has 0 aromatic heterocycles. The van der Waals surface area contributed by atoms with Crippen molar-refractivity contribution in [2.45, 2.75) is 51.9 Å². The predicted octanol–water partition coefficient (Wildman–Crippen LogP) is 3.81. The molecular weight excluding hydrogens is 160 g/mol. The molecule has 0 bridgehead atoms.